The largest absolute Gasteiger partial charge is 0.456 e. The number of esters is 1. The zero-order valence-corrected chi connectivity index (χ0v) is 14.6. The van der Waals surface area contributed by atoms with Crippen molar-refractivity contribution < 1.29 is 14.3 Å². The lowest BCUT2D eigenvalue weighted by atomic mass is 9.95. The second-order valence-corrected chi connectivity index (χ2v) is 7.04. The molecule has 0 bridgehead atoms. The molecule has 1 aromatic rings. The van der Waals surface area contributed by atoms with Gasteiger partial charge in [-0.2, -0.15) is 0 Å². The van der Waals surface area contributed by atoms with Gasteiger partial charge in [-0.05, 0) is 45.4 Å². The fourth-order valence-electron chi connectivity index (χ4n) is 2.20. The van der Waals surface area contributed by atoms with Crippen molar-refractivity contribution in [3.05, 3.63) is 45.6 Å². The van der Waals surface area contributed by atoms with Crippen LogP contribution in [0.2, 0.25) is 0 Å². The molecule has 5 nitrogen and oxygen atoms in total. The standard InChI is InChI=1S/C16H19BrN2O3/c1-9-12(14(20)22-16(2,3)4)13(19-15(21)18-9)10-5-7-11(17)8-6-10/h5-8,13H,1-4H3,(H2,18,19,21)/t13-/m1/s1. The predicted molar refractivity (Wildman–Crippen MR) is 87.1 cm³/mol. The van der Waals surface area contributed by atoms with Crippen LogP contribution in [0.1, 0.15) is 39.3 Å². The van der Waals surface area contributed by atoms with Gasteiger partial charge in [-0.15, -0.1) is 0 Å². The number of carbonyl (C=O) groups is 2. The average molecular weight is 367 g/mol. The molecule has 2 rings (SSSR count). The normalized spacial score (nSPS) is 18.6. The van der Waals surface area contributed by atoms with E-state index >= 15 is 0 Å². The summed E-state index contributed by atoms with van der Waals surface area (Å²) in [5.74, 6) is -0.439. The molecule has 0 saturated heterocycles. The van der Waals surface area contributed by atoms with Crippen LogP contribution in [0.5, 0.6) is 0 Å². The number of nitrogens with one attached hydrogen (secondary N) is 2. The Morgan fingerprint density at radius 1 is 1.23 bits per heavy atom. The van der Waals surface area contributed by atoms with Gasteiger partial charge < -0.3 is 15.4 Å². The quantitative estimate of drug-likeness (QED) is 0.788. The molecule has 118 valence electrons. The first-order valence-corrected chi connectivity index (χ1v) is 7.74. The molecule has 0 aliphatic carbocycles. The lowest BCUT2D eigenvalue weighted by molar-refractivity contribution is -0.150. The topological polar surface area (TPSA) is 67.4 Å². The van der Waals surface area contributed by atoms with Crippen molar-refractivity contribution >= 4 is 27.9 Å². The molecular formula is C16H19BrN2O3. The Bertz CT molecular complexity index is 630. The van der Waals surface area contributed by atoms with E-state index < -0.39 is 17.6 Å². The van der Waals surface area contributed by atoms with E-state index in [1.165, 1.54) is 0 Å². The minimum atomic E-state index is -0.601. The molecule has 2 N–H and O–H groups in total. The van der Waals surface area contributed by atoms with Gasteiger partial charge in [0, 0.05) is 10.2 Å². The molecule has 1 aliphatic heterocycles. The molecule has 0 unspecified atom stereocenters. The molecule has 1 atom stereocenters. The third-order valence-corrected chi connectivity index (χ3v) is 3.62. The van der Waals surface area contributed by atoms with Crippen molar-refractivity contribution in [3.63, 3.8) is 0 Å². The molecule has 0 fully saturated rings. The number of hydrogen-bond acceptors (Lipinski definition) is 3. The van der Waals surface area contributed by atoms with Gasteiger partial charge in [0.25, 0.3) is 0 Å². The lowest BCUT2D eigenvalue weighted by Gasteiger charge is -2.30. The molecule has 22 heavy (non-hydrogen) atoms. The molecule has 1 aromatic carbocycles. The van der Waals surface area contributed by atoms with E-state index in [1.54, 1.807) is 6.92 Å². The molecule has 0 spiro atoms. The number of carbonyl (C=O) groups excluding carboxylic acids is 2. The number of benzene rings is 1. The first-order valence-electron chi connectivity index (χ1n) is 6.94. The van der Waals surface area contributed by atoms with Crippen LogP contribution < -0.4 is 10.6 Å². The summed E-state index contributed by atoms with van der Waals surface area (Å²) in [6.07, 6.45) is 0. The predicted octanol–water partition coefficient (Wildman–Crippen LogP) is 3.42. The van der Waals surface area contributed by atoms with Crippen LogP contribution in [-0.2, 0) is 9.53 Å². The molecule has 2 amide bonds. The molecule has 0 saturated carbocycles. The zero-order valence-electron chi connectivity index (χ0n) is 13.0. The number of allylic oxidation sites excluding steroid dienone is 1. The van der Waals surface area contributed by atoms with Gasteiger partial charge in [0.15, 0.2) is 0 Å². The van der Waals surface area contributed by atoms with Gasteiger partial charge in [0.2, 0.25) is 0 Å². The summed E-state index contributed by atoms with van der Waals surface area (Å²) in [5.41, 5.74) is 1.14. The third kappa shape index (κ3) is 3.88. The summed E-state index contributed by atoms with van der Waals surface area (Å²) in [4.78, 5) is 24.3. The Morgan fingerprint density at radius 3 is 2.36 bits per heavy atom. The Hall–Kier alpha value is -1.82. The fraction of sp³-hybridized carbons (Fsp3) is 0.375. The highest BCUT2D eigenvalue weighted by atomic mass is 79.9. The minimum absolute atomic E-state index is 0.335. The molecule has 1 heterocycles. The lowest BCUT2D eigenvalue weighted by Crippen LogP contribution is -2.46. The van der Waals surface area contributed by atoms with E-state index in [1.807, 2.05) is 45.0 Å². The van der Waals surface area contributed by atoms with E-state index in [2.05, 4.69) is 26.6 Å². The summed E-state index contributed by atoms with van der Waals surface area (Å²) >= 11 is 3.37. The highest BCUT2D eigenvalue weighted by molar-refractivity contribution is 9.10. The SMILES string of the molecule is CC1=C(C(=O)OC(C)(C)C)[C@@H](c2ccc(Br)cc2)NC(=O)N1. The average Bonchev–Trinajstić information content (AvgIpc) is 2.36. The Labute approximate surface area is 138 Å². The minimum Gasteiger partial charge on any atom is -0.456 e. The first kappa shape index (κ1) is 16.5. The molecule has 1 aliphatic rings. The highest BCUT2D eigenvalue weighted by Crippen LogP contribution is 2.29. The summed E-state index contributed by atoms with van der Waals surface area (Å²) in [6, 6.07) is 6.59. The van der Waals surface area contributed by atoms with Crippen molar-refractivity contribution in [2.24, 2.45) is 0 Å². The monoisotopic (exact) mass is 366 g/mol. The fourth-order valence-corrected chi connectivity index (χ4v) is 2.47. The number of amides is 2. The Kier molecular flexibility index (Phi) is 4.60. The van der Waals surface area contributed by atoms with Crippen LogP contribution in [0.25, 0.3) is 0 Å². The van der Waals surface area contributed by atoms with E-state index in [9.17, 15) is 9.59 Å². The smallest absolute Gasteiger partial charge is 0.338 e. The molecule has 6 heteroatoms. The number of hydrogen-bond donors (Lipinski definition) is 2. The highest BCUT2D eigenvalue weighted by Gasteiger charge is 2.33. The maximum absolute atomic E-state index is 12.5. The third-order valence-electron chi connectivity index (χ3n) is 3.09. The van der Waals surface area contributed by atoms with Gasteiger partial charge in [-0.1, -0.05) is 28.1 Å². The van der Waals surface area contributed by atoms with Crippen molar-refractivity contribution in [2.75, 3.05) is 0 Å². The summed E-state index contributed by atoms with van der Waals surface area (Å²) < 4.78 is 6.39. The van der Waals surface area contributed by atoms with Gasteiger partial charge in [0.05, 0.1) is 11.6 Å². The number of urea groups is 1. The Balaban J connectivity index is 2.41. The molecular weight excluding hydrogens is 348 g/mol. The number of rotatable bonds is 2. The van der Waals surface area contributed by atoms with Gasteiger partial charge >= 0.3 is 12.0 Å². The van der Waals surface area contributed by atoms with Crippen LogP contribution >= 0.6 is 15.9 Å². The van der Waals surface area contributed by atoms with Crippen LogP contribution in [0, 0.1) is 0 Å². The second-order valence-electron chi connectivity index (χ2n) is 6.12. The van der Waals surface area contributed by atoms with Crippen LogP contribution in [0.15, 0.2) is 40.0 Å². The molecule has 0 aromatic heterocycles. The zero-order chi connectivity index (χ0) is 16.5. The van der Waals surface area contributed by atoms with E-state index in [-0.39, 0.29) is 6.03 Å². The van der Waals surface area contributed by atoms with Crippen LogP contribution in [0.4, 0.5) is 4.79 Å². The first-order chi connectivity index (χ1) is 10.2. The van der Waals surface area contributed by atoms with Crippen molar-refractivity contribution in [3.8, 4) is 0 Å². The van der Waals surface area contributed by atoms with E-state index in [0.29, 0.717) is 11.3 Å². The van der Waals surface area contributed by atoms with E-state index in [4.69, 9.17) is 4.74 Å². The summed E-state index contributed by atoms with van der Waals surface area (Å²) in [5, 5.41) is 5.40. The maximum atomic E-state index is 12.5. The summed E-state index contributed by atoms with van der Waals surface area (Å²) in [6.45, 7) is 7.13. The van der Waals surface area contributed by atoms with Crippen molar-refractivity contribution in [2.45, 2.75) is 39.3 Å². The number of halogens is 1. The number of ether oxygens (including phenoxy) is 1. The van der Waals surface area contributed by atoms with Crippen LogP contribution in [0.3, 0.4) is 0 Å². The van der Waals surface area contributed by atoms with Crippen LogP contribution in [-0.4, -0.2) is 17.6 Å². The van der Waals surface area contributed by atoms with Gasteiger partial charge in [-0.3, -0.25) is 0 Å². The maximum Gasteiger partial charge on any atom is 0.338 e. The second kappa shape index (κ2) is 6.12. The Morgan fingerprint density at radius 2 is 1.82 bits per heavy atom. The van der Waals surface area contributed by atoms with Crippen molar-refractivity contribution in [1.82, 2.24) is 10.6 Å². The van der Waals surface area contributed by atoms with Gasteiger partial charge in [-0.25, -0.2) is 9.59 Å². The van der Waals surface area contributed by atoms with Gasteiger partial charge in [0.1, 0.15) is 5.60 Å². The molecule has 0 radical (unpaired) electrons. The summed E-state index contributed by atoms with van der Waals surface area (Å²) in [7, 11) is 0. The van der Waals surface area contributed by atoms with E-state index in [0.717, 1.165) is 10.0 Å². The van der Waals surface area contributed by atoms with Crippen molar-refractivity contribution in [1.29, 1.82) is 0 Å².